The molecular weight excluding hydrogens is 380 g/mol. The number of carbonyl (C=O) groups excluding carboxylic acids is 2. The van der Waals surface area contributed by atoms with E-state index in [1.54, 1.807) is 24.5 Å². The molecule has 0 aliphatic carbocycles. The number of pyridine rings is 2. The minimum atomic E-state index is -0.521. The van der Waals surface area contributed by atoms with Crippen LogP contribution in [0.2, 0.25) is 5.02 Å². The van der Waals surface area contributed by atoms with Gasteiger partial charge in [-0.2, -0.15) is 0 Å². The van der Waals surface area contributed by atoms with E-state index in [0.717, 1.165) is 11.3 Å². The van der Waals surface area contributed by atoms with Gasteiger partial charge in [-0.15, -0.1) is 0 Å². The third-order valence-electron chi connectivity index (χ3n) is 3.85. The molecule has 0 aliphatic heterocycles. The molecule has 7 nitrogen and oxygen atoms in total. The molecule has 0 aliphatic rings. The molecule has 0 atom stereocenters. The van der Waals surface area contributed by atoms with E-state index in [0.29, 0.717) is 17.3 Å². The topological polar surface area (TPSA) is 93.2 Å². The standard InChI is InChI=1S/C20H17ClN4O3/c1-28-20(27)14-4-5-16(21)17(9-14)25-19(26)18-10-15(6-8-23-18)24-12-13-3-2-7-22-11-13/h2-11H,12H2,1H3,(H,23,24)(H,25,26). The van der Waals surface area contributed by atoms with Crippen molar-refractivity contribution in [3.8, 4) is 0 Å². The highest BCUT2D eigenvalue weighted by molar-refractivity contribution is 6.34. The predicted molar refractivity (Wildman–Crippen MR) is 107 cm³/mol. The van der Waals surface area contributed by atoms with Crippen molar-refractivity contribution >= 4 is 34.9 Å². The molecule has 3 rings (SSSR count). The van der Waals surface area contributed by atoms with Gasteiger partial charge in [0.15, 0.2) is 0 Å². The number of rotatable bonds is 6. The monoisotopic (exact) mass is 396 g/mol. The van der Waals surface area contributed by atoms with Gasteiger partial charge in [0, 0.05) is 30.8 Å². The summed E-state index contributed by atoms with van der Waals surface area (Å²) in [6.07, 6.45) is 5.00. The maximum absolute atomic E-state index is 12.6. The van der Waals surface area contributed by atoms with Crippen molar-refractivity contribution in [3.63, 3.8) is 0 Å². The summed E-state index contributed by atoms with van der Waals surface area (Å²) in [5, 5.41) is 6.18. The lowest BCUT2D eigenvalue weighted by Crippen LogP contribution is -2.15. The summed E-state index contributed by atoms with van der Waals surface area (Å²) in [5.41, 5.74) is 2.53. The highest BCUT2D eigenvalue weighted by Gasteiger charge is 2.13. The number of esters is 1. The molecule has 0 saturated carbocycles. The fourth-order valence-corrected chi connectivity index (χ4v) is 2.59. The van der Waals surface area contributed by atoms with E-state index in [-0.39, 0.29) is 11.3 Å². The van der Waals surface area contributed by atoms with Gasteiger partial charge >= 0.3 is 5.97 Å². The number of hydrogen-bond acceptors (Lipinski definition) is 6. The molecule has 8 heteroatoms. The zero-order valence-electron chi connectivity index (χ0n) is 15.0. The lowest BCUT2D eigenvalue weighted by atomic mass is 10.2. The fraction of sp³-hybridized carbons (Fsp3) is 0.100. The van der Waals surface area contributed by atoms with Crippen LogP contribution in [0.15, 0.2) is 61.1 Å². The normalized spacial score (nSPS) is 10.2. The minimum absolute atomic E-state index is 0.204. The van der Waals surface area contributed by atoms with Crippen LogP contribution in [0.3, 0.4) is 0 Å². The Kier molecular flexibility index (Phi) is 6.18. The van der Waals surface area contributed by atoms with Crippen molar-refractivity contribution < 1.29 is 14.3 Å². The van der Waals surface area contributed by atoms with Gasteiger partial charge in [0.1, 0.15) is 5.69 Å². The Hall–Kier alpha value is -3.45. The first-order valence-corrected chi connectivity index (χ1v) is 8.72. The van der Waals surface area contributed by atoms with Crippen molar-refractivity contribution in [3.05, 3.63) is 82.9 Å². The van der Waals surface area contributed by atoms with Gasteiger partial charge in [-0.1, -0.05) is 17.7 Å². The van der Waals surface area contributed by atoms with E-state index >= 15 is 0 Å². The lowest BCUT2D eigenvalue weighted by molar-refractivity contribution is 0.0600. The van der Waals surface area contributed by atoms with E-state index < -0.39 is 11.9 Å². The number of nitrogens with one attached hydrogen (secondary N) is 2. The number of nitrogens with zero attached hydrogens (tertiary/aromatic N) is 2. The second-order valence-electron chi connectivity index (χ2n) is 5.78. The molecule has 0 spiro atoms. The molecule has 1 amide bonds. The van der Waals surface area contributed by atoms with Crippen LogP contribution in [-0.4, -0.2) is 29.0 Å². The van der Waals surface area contributed by atoms with Crippen molar-refractivity contribution in [2.24, 2.45) is 0 Å². The van der Waals surface area contributed by atoms with Crippen molar-refractivity contribution in [2.45, 2.75) is 6.54 Å². The van der Waals surface area contributed by atoms with Gasteiger partial charge in [0.25, 0.3) is 5.91 Å². The number of ether oxygens (including phenoxy) is 1. The Bertz CT molecular complexity index is 996. The van der Waals surface area contributed by atoms with Crippen LogP contribution < -0.4 is 10.6 Å². The van der Waals surface area contributed by atoms with Crippen LogP contribution in [0.25, 0.3) is 0 Å². The molecule has 0 bridgehead atoms. The van der Waals surface area contributed by atoms with E-state index in [1.807, 2.05) is 12.1 Å². The molecule has 142 valence electrons. The Morgan fingerprint density at radius 1 is 1.14 bits per heavy atom. The van der Waals surface area contributed by atoms with E-state index in [4.69, 9.17) is 11.6 Å². The molecule has 0 unspecified atom stereocenters. The number of amides is 1. The fourth-order valence-electron chi connectivity index (χ4n) is 2.42. The van der Waals surface area contributed by atoms with Gasteiger partial charge in [0.05, 0.1) is 23.4 Å². The average Bonchev–Trinajstić information content (AvgIpc) is 2.74. The van der Waals surface area contributed by atoms with E-state index in [2.05, 4.69) is 25.3 Å². The van der Waals surface area contributed by atoms with Crippen LogP contribution in [0, 0.1) is 0 Å². The minimum Gasteiger partial charge on any atom is -0.465 e. The van der Waals surface area contributed by atoms with Crippen LogP contribution in [0.1, 0.15) is 26.4 Å². The molecule has 0 radical (unpaired) electrons. The molecule has 0 saturated heterocycles. The quantitative estimate of drug-likeness (QED) is 0.616. The Morgan fingerprint density at radius 3 is 2.75 bits per heavy atom. The van der Waals surface area contributed by atoms with Crippen molar-refractivity contribution in [1.29, 1.82) is 0 Å². The first-order chi connectivity index (χ1) is 13.6. The second kappa shape index (κ2) is 8.96. The van der Waals surface area contributed by atoms with E-state index in [1.165, 1.54) is 31.5 Å². The van der Waals surface area contributed by atoms with Crippen molar-refractivity contribution in [1.82, 2.24) is 9.97 Å². The van der Waals surface area contributed by atoms with Crippen LogP contribution in [-0.2, 0) is 11.3 Å². The largest absolute Gasteiger partial charge is 0.465 e. The van der Waals surface area contributed by atoms with Gasteiger partial charge in [-0.3, -0.25) is 14.8 Å². The zero-order valence-corrected chi connectivity index (χ0v) is 15.7. The third kappa shape index (κ3) is 4.83. The maximum Gasteiger partial charge on any atom is 0.337 e. The maximum atomic E-state index is 12.6. The molecular formula is C20H17ClN4O3. The van der Waals surface area contributed by atoms with E-state index in [9.17, 15) is 9.59 Å². The van der Waals surface area contributed by atoms with Gasteiger partial charge in [-0.05, 0) is 42.0 Å². The van der Waals surface area contributed by atoms with Crippen molar-refractivity contribution in [2.75, 3.05) is 17.7 Å². The molecule has 3 aromatic rings. The number of anilines is 2. The Labute approximate surface area is 166 Å². The average molecular weight is 397 g/mol. The van der Waals surface area contributed by atoms with Gasteiger partial charge < -0.3 is 15.4 Å². The van der Waals surface area contributed by atoms with Gasteiger partial charge in [0.2, 0.25) is 0 Å². The summed E-state index contributed by atoms with van der Waals surface area (Å²) in [4.78, 5) is 32.4. The summed E-state index contributed by atoms with van der Waals surface area (Å²) in [7, 11) is 1.28. The molecule has 1 aromatic carbocycles. The molecule has 2 N–H and O–H groups in total. The highest BCUT2D eigenvalue weighted by atomic mass is 35.5. The number of carbonyl (C=O) groups is 2. The smallest absolute Gasteiger partial charge is 0.337 e. The number of hydrogen-bond donors (Lipinski definition) is 2. The third-order valence-corrected chi connectivity index (χ3v) is 4.18. The van der Waals surface area contributed by atoms with Crippen LogP contribution in [0.5, 0.6) is 0 Å². The molecule has 2 heterocycles. The molecule has 0 fully saturated rings. The SMILES string of the molecule is COC(=O)c1ccc(Cl)c(NC(=O)c2cc(NCc3cccnc3)ccn2)c1. The van der Waals surface area contributed by atoms with Crippen LogP contribution >= 0.6 is 11.6 Å². The predicted octanol–water partition coefficient (Wildman–Crippen LogP) is 3.78. The summed E-state index contributed by atoms with van der Waals surface area (Å²) >= 11 is 6.12. The Balaban J connectivity index is 1.72. The Morgan fingerprint density at radius 2 is 2.00 bits per heavy atom. The lowest BCUT2D eigenvalue weighted by Gasteiger charge is -2.10. The first-order valence-electron chi connectivity index (χ1n) is 8.35. The number of methoxy groups -OCH3 is 1. The number of halogens is 1. The first kappa shape index (κ1) is 19.3. The molecule has 2 aromatic heterocycles. The van der Waals surface area contributed by atoms with Crippen LogP contribution in [0.4, 0.5) is 11.4 Å². The summed E-state index contributed by atoms with van der Waals surface area (Å²) in [6, 6.07) is 11.7. The zero-order chi connectivity index (χ0) is 19.9. The number of aromatic nitrogens is 2. The molecule has 28 heavy (non-hydrogen) atoms. The summed E-state index contributed by atoms with van der Waals surface area (Å²) < 4.78 is 4.68. The summed E-state index contributed by atoms with van der Waals surface area (Å²) in [5.74, 6) is -0.971. The summed E-state index contributed by atoms with van der Waals surface area (Å²) in [6.45, 7) is 0.561. The highest BCUT2D eigenvalue weighted by Crippen LogP contribution is 2.24. The van der Waals surface area contributed by atoms with Gasteiger partial charge in [-0.25, -0.2) is 4.79 Å². The number of benzene rings is 1. The second-order valence-corrected chi connectivity index (χ2v) is 6.19.